The van der Waals surface area contributed by atoms with E-state index in [0.717, 1.165) is 50.5 Å². The van der Waals surface area contributed by atoms with Gasteiger partial charge in [-0.2, -0.15) is 0 Å². The Labute approximate surface area is 287 Å². The molecule has 0 saturated heterocycles. The fraction of sp³-hybridized carbons (Fsp3) is 0. The molecule has 1 aromatic heterocycles. The van der Waals surface area contributed by atoms with Gasteiger partial charge in [0.05, 0.1) is 11.4 Å². The third-order valence-electron chi connectivity index (χ3n) is 9.02. The lowest BCUT2D eigenvalue weighted by Crippen LogP contribution is -1.92. The highest BCUT2D eigenvalue weighted by molar-refractivity contribution is 5.83. The number of nitrogen functional groups attached to an aromatic ring is 1. The van der Waals surface area contributed by atoms with Crippen molar-refractivity contribution in [2.75, 3.05) is 5.73 Å². The van der Waals surface area contributed by atoms with Crippen LogP contribution in [-0.2, 0) is 0 Å². The number of anilines is 1. The van der Waals surface area contributed by atoms with Crippen LogP contribution < -0.4 is 5.73 Å². The zero-order chi connectivity index (χ0) is 33.0. The number of rotatable bonds is 7. The van der Waals surface area contributed by atoms with E-state index in [1.807, 2.05) is 18.2 Å². The number of nitrogens with zero attached hydrogens (tertiary/aromatic N) is 1. The van der Waals surface area contributed by atoms with Crippen molar-refractivity contribution in [3.63, 3.8) is 0 Å². The van der Waals surface area contributed by atoms with Crippen LogP contribution in [0.2, 0.25) is 0 Å². The van der Waals surface area contributed by atoms with Gasteiger partial charge in [0.2, 0.25) is 0 Å². The number of nitrogens with two attached hydrogens (primary N) is 1. The van der Waals surface area contributed by atoms with Gasteiger partial charge in [-0.05, 0) is 98.1 Å². The van der Waals surface area contributed by atoms with Crippen LogP contribution in [0.15, 0.2) is 194 Å². The highest BCUT2D eigenvalue weighted by atomic mass is 14.7. The van der Waals surface area contributed by atoms with Gasteiger partial charge in [-0.3, -0.25) is 0 Å². The highest BCUT2D eigenvalue weighted by Gasteiger charge is 2.12. The van der Waals surface area contributed by atoms with Crippen LogP contribution in [0.1, 0.15) is 0 Å². The van der Waals surface area contributed by atoms with Gasteiger partial charge < -0.3 is 5.73 Å². The number of benzene rings is 7. The molecule has 0 bridgehead atoms. The first kappa shape index (κ1) is 29.9. The fourth-order valence-electron chi connectivity index (χ4n) is 6.35. The topological polar surface area (TPSA) is 38.9 Å². The maximum Gasteiger partial charge on any atom is 0.0715 e. The molecule has 0 aliphatic rings. The summed E-state index contributed by atoms with van der Waals surface area (Å²) in [7, 11) is 0. The summed E-state index contributed by atoms with van der Waals surface area (Å²) in [5.74, 6) is 0. The molecule has 1 heterocycles. The Balaban J connectivity index is 1.17. The second kappa shape index (κ2) is 13.3. The van der Waals surface area contributed by atoms with Gasteiger partial charge in [0.15, 0.2) is 0 Å². The zero-order valence-electron chi connectivity index (χ0n) is 27.0. The predicted molar refractivity (Wildman–Crippen MR) is 207 cm³/mol. The Kier molecular flexibility index (Phi) is 8.11. The summed E-state index contributed by atoms with van der Waals surface area (Å²) in [6.07, 6.45) is 0. The molecule has 0 fully saturated rings. The van der Waals surface area contributed by atoms with Crippen LogP contribution in [-0.4, -0.2) is 4.98 Å². The summed E-state index contributed by atoms with van der Waals surface area (Å²) in [6, 6.07) is 68.4. The molecule has 8 rings (SSSR count). The molecule has 2 N–H and O–H groups in total. The minimum absolute atomic E-state index is 0.764. The van der Waals surface area contributed by atoms with Crippen LogP contribution in [0, 0.1) is 0 Å². The van der Waals surface area contributed by atoms with E-state index < -0.39 is 0 Å². The first-order chi connectivity index (χ1) is 24.2. The Morgan fingerprint density at radius 2 is 0.510 bits per heavy atom. The van der Waals surface area contributed by atoms with Gasteiger partial charge in [0.25, 0.3) is 0 Å². The zero-order valence-corrected chi connectivity index (χ0v) is 27.0. The molecule has 8 aromatic rings. The van der Waals surface area contributed by atoms with Gasteiger partial charge in [0.1, 0.15) is 0 Å². The van der Waals surface area contributed by atoms with Crippen molar-refractivity contribution in [2.45, 2.75) is 0 Å². The minimum Gasteiger partial charge on any atom is -0.399 e. The van der Waals surface area contributed by atoms with Gasteiger partial charge in [-0.25, -0.2) is 4.98 Å². The molecule has 0 spiro atoms. The number of hydrogen-bond donors (Lipinski definition) is 1. The van der Waals surface area contributed by atoms with Crippen molar-refractivity contribution in [1.82, 2.24) is 4.98 Å². The SMILES string of the molecule is Nc1ccc(-c2ccc(-c3cc(-c4ccc(-c5cc(-c6ccccc6)cc(-c6ccccc6)c5)cc4)cc(-c4ccccc4)n3)cc2)cc1. The summed E-state index contributed by atoms with van der Waals surface area (Å²) >= 11 is 0. The summed E-state index contributed by atoms with van der Waals surface area (Å²) in [4.78, 5) is 5.14. The second-order valence-corrected chi connectivity index (χ2v) is 12.3. The molecular formula is C47H34N2. The molecule has 0 aliphatic heterocycles. The molecule has 0 unspecified atom stereocenters. The Morgan fingerprint density at radius 1 is 0.245 bits per heavy atom. The van der Waals surface area contributed by atoms with E-state index in [9.17, 15) is 0 Å². The summed E-state index contributed by atoms with van der Waals surface area (Å²) in [5.41, 5.74) is 22.5. The Bertz CT molecular complexity index is 2270. The maximum atomic E-state index is 5.91. The van der Waals surface area contributed by atoms with Crippen LogP contribution in [0.3, 0.4) is 0 Å². The smallest absolute Gasteiger partial charge is 0.0715 e. The fourth-order valence-corrected chi connectivity index (χ4v) is 6.35. The van der Waals surface area contributed by atoms with E-state index in [1.165, 1.54) is 33.4 Å². The largest absolute Gasteiger partial charge is 0.399 e. The molecule has 0 atom stereocenters. The Hall–Kier alpha value is -6.51. The van der Waals surface area contributed by atoms with Gasteiger partial charge in [0, 0.05) is 16.8 Å². The third-order valence-corrected chi connectivity index (χ3v) is 9.02. The van der Waals surface area contributed by atoms with E-state index in [4.69, 9.17) is 10.7 Å². The molecule has 0 amide bonds. The number of aromatic nitrogens is 1. The Morgan fingerprint density at radius 3 is 0.918 bits per heavy atom. The van der Waals surface area contributed by atoms with E-state index in [0.29, 0.717) is 0 Å². The molecule has 49 heavy (non-hydrogen) atoms. The summed E-state index contributed by atoms with van der Waals surface area (Å²) < 4.78 is 0. The standard InChI is InChI=1S/C47H34N2/c48-45-26-24-36(25-27-45)35-20-22-40(23-21-35)47-32-44(31-46(49-47)39-14-8-3-9-15-39)38-18-16-37(17-19-38)43-29-41(33-10-4-1-5-11-33)28-42(30-43)34-12-6-2-7-13-34/h1-32H,48H2. The lowest BCUT2D eigenvalue weighted by Gasteiger charge is -2.13. The molecule has 0 aliphatic carbocycles. The molecule has 0 radical (unpaired) electrons. The van der Waals surface area contributed by atoms with Crippen LogP contribution >= 0.6 is 0 Å². The van der Waals surface area contributed by atoms with Crippen molar-refractivity contribution in [2.24, 2.45) is 0 Å². The number of pyridine rings is 1. The van der Waals surface area contributed by atoms with E-state index in [-0.39, 0.29) is 0 Å². The van der Waals surface area contributed by atoms with Gasteiger partial charge in [-0.15, -0.1) is 0 Å². The van der Waals surface area contributed by atoms with Crippen molar-refractivity contribution in [3.8, 4) is 78.1 Å². The average molecular weight is 627 g/mol. The van der Waals surface area contributed by atoms with Crippen molar-refractivity contribution in [3.05, 3.63) is 194 Å². The van der Waals surface area contributed by atoms with E-state index in [1.54, 1.807) is 0 Å². The monoisotopic (exact) mass is 626 g/mol. The highest BCUT2D eigenvalue weighted by Crippen LogP contribution is 2.36. The van der Waals surface area contributed by atoms with Crippen molar-refractivity contribution < 1.29 is 0 Å². The molecular weight excluding hydrogens is 593 g/mol. The summed E-state index contributed by atoms with van der Waals surface area (Å²) in [5, 5.41) is 0. The maximum absolute atomic E-state index is 5.91. The van der Waals surface area contributed by atoms with E-state index in [2.05, 4.69) is 176 Å². The quantitative estimate of drug-likeness (QED) is 0.179. The first-order valence-corrected chi connectivity index (χ1v) is 16.6. The molecule has 232 valence electrons. The lowest BCUT2D eigenvalue weighted by atomic mass is 9.92. The third kappa shape index (κ3) is 6.54. The van der Waals surface area contributed by atoms with Gasteiger partial charge >= 0.3 is 0 Å². The van der Waals surface area contributed by atoms with Crippen molar-refractivity contribution in [1.29, 1.82) is 0 Å². The van der Waals surface area contributed by atoms with Crippen LogP contribution in [0.5, 0.6) is 0 Å². The molecule has 2 heteroatoms. The minimum atomic E-state index is 0.764. The predicted octanol–water partition coefficient (Wildman–Crippen LogP) is 12.3. The molecule has 2 nitrogen and oxygen atoms in total. The lowest BCUT2D eigenvalue weighted by molar-refractivity contribution is 1.32. The van der Waals surface area contributed by atoms with Crippen LogP contribution in [0.25, 0.3) is 78.1 Å². The summed E-state index contributed by atoms with van der Waals surface area (Å²) in [6.45, 7) is 0. The number of hydrogen-bond acceptors (Lipinski definition) is 2. The molecule has 7 aromatic carbocycles. The van der Waals surface area contributed by atoms with Crippen molar-refractivity contribution >= 4 is 5.69 Å². The van der Waals surface area contributed by atoms with Crippen LogP contribution in [0.4, 0.5) is 5.69 Å². The molecule has 0 saturated carbocycles. The van der Waals surface area contributed by atoms with Gasteiger partial charge in [-0.1, -0.05) is 152 Å². The first-order valence-electron chi connectivity index (χ1n) is 16.6. The average Bonchev–Trinajstić information content (AvgIpc) is 3.19. The van der Waals surface area contributed by atoms with E-state index >= 15 is 0 Å². The normalized spacial score (nSPS) is 10.9. The second-order valence-electron chi connectivity index (χ2n) is 12.3.